The van der Waals surface area contributed by atoms with Gasteiger partial charge in [0.2, 0.25) is 0 Å². The summed E-state index contributed by atoms with van der Waals surface area (Å²) in [7, 11) is 3.15. The average Bonchev–Trinajstić information content (AvgIpc) is 2.55. The number of methoxy groups -OCH3 is 2. The van der Waals surface area contributed by atoms with Gasteiger partial charge in [0.25, 0.3) is 5.91 Å². The maximum absolute atomic E-state index is 11.9. The first-order valence-electron chi connectivity index (χ1n) is 6.34. The molecular weight excluding hydrogens is 268 g/mol. The highest BCUT2D eigenvalue weighted by molar-refractivity contribution is 5.95. The van der Waals surface area contributed by atoms with Crippen molar-refractivity contribution in [3.63, 3.8) is 0 Å². The second kappa shape index (κ2) is 7.09. The van der Waals surface area contributed by atoms with E-state index < -0.39 is 0 Å². The molecule has 2 aromatic rings. The van der Waals surface area contributed by atoms with Crippen LogP contribution in [-0.4, -0.2) is 26.3 Å². The lowest BCUT2D eigenvalue weighted by Crippen LogP contribution is -2.17. The molecule has 0 aliphatic carbocycles. The average molecular weight is 284 g/mol. The number of carbonyl (C=O) groups excluding carboxylic acids is 1. The summed E-state index contributed by atoms with van der Waals surface area (Å²) in [5.41, 5.74) is 3.79. The Morgan fingerprint density at radius 2 is 1.71 bits per heavy atom. The van der Waals surface area contributed by atoms with Gasteiger partial charge in [-0.15, -0.1) is 0 Å². The highest BCUT2D eigenvalue weighted by Crippen LogP contribution is 2.12. The number of carbonyl (C=O) groups is 1. The van der Waals surface area contributed by atoms with Crippen molar-refractivity contribution in [2.75, 3.05) is 14.2 Å². The van der Waals surface area contributed by atoms with E-state index in [9.17, 15) is 4.79 Å². The number of hydrazone groups is 1. The molecule has 0 aromatic heterocycles. The van der Waals surface area contributed by atoms with Gasteiger partial charge >= 0.3 is 0 Å². The Balaban J connectivity index is 2.01. The molecule has 0 unspecified atom stereocenters. The summed E-state index contributed by atoms with van der Waals surface area (Å²) in [5, 5.41) is 3.93. The van der Waals surface area contributed by atoms with E-state index in [-0.39, 0.29) is 5.91 Å². The number of nitrogens with one attached hydrogen (secondary N) is 1. The van der Waals surface area contributed by atoms with E-state index in [1.54, 1.807) is 44.7 Å². The van der Waals surface area contributed by atoms with Crippen molar-refractivity contribution in [2.24, 2.45) is 5.10 Å². The van der Waals surface area contributed by atoms with Crippen LogP contribution in [0.2, 0.25) is 0 Å². The van der Waals surface area contributed by atoms with Gasteiger partial charge in [-0.25, -0.2) is 5.43 Å². The zero-order valence-corrected chi connectivity index (χ0v) is 11.9. The number of amides is 1. The lowest BCUT2D eigenvalue weighted by molar-refractivity contribution is 0.0955. The van der Waals surface area contributed by atoms with Gasteiger partial charge in [-0.2, -0.15) is 5.10 Å². The first kappa shape index (κ1) is 14.6. The zero-order valence-electron chi connectivity index (χ0n) is 11.9. The van der Waals surface area contributed by atoms with Crippen LogP contribution >= 0.6 is 0 Å². The third-order valence-corrected chi connectivity index (χ3v) is 2.81. The Morgan fingerprint density at radius 3 is 2.43 bits per heavy atom. The van der Waals surface area contributed by atoms with E-state index in [1.807, 2.05) is 24.3 Å². The third kappa shape index (κ3) is 4.07. The quantitative estimate of drug-likeness (QED) is 0.677. The number of nitrogens with zero attached hydrogens (tertiary/aromatic N) is 1. The van der Waals surface area contributed by atoms with E-state index in [0.717, 1.165) is 11.3 Å². The molecule has 0 bridgehead atoms. The van der Waals surface area contributed by atoms with Crippen LogP contribution in [0.4, 0.5) is 0 Å². The highest BCUT2D eigenvalue weighted by Gasteiger charge is 2.04. The number of benzene rings is 2. The summed E-state index contributed by atoms with van der Waals surface area (Å²) < 4.78 is 10.2. The van der Waals surface area contributed by atoms with Crippen molar-refractivity contribution in [2.45, 2.75) is 0 Å². The van der Waals surface area contributed by atoms with Crippen LogP contribution in [0, 0.1) is 0 Å². The first-order chi connectivity index (χ1) is 10.2. The van der Waals surface area contributed by atoms with Gasteiger partial charge in [0, 0.05) is 5.56 Å². The molecule has 1 N–H and O–H groups in total. The molecule has 0 spiro atoms. The molecule has 5 heteroatoms. The van der Waals surface area contributed by atoms with Crippen molar-refractivity contribution in [3.05, 3.63) is 59.7 Å². The Labute approximate surface area is 123 Å². The van der Waals surface area contributed by atoms with Gasteiger partial charge in [0.05, 0.1) is 20.4 Å². The number of ether oxygens (including phenoxy) is 2. The molecule has 0 aliphatic rings. The number of hydrogen-bond donors (Lipinski definition) is 1. The van der Waals surface area contributed by atoms with Crippen LogP contribution in [0.25, 0.3) is 0 Å². The minimum Gasteiger partial charge on any atom is -0.497 e. The van der Waals surface area contributed by atoms with Crippen LogP contribution in [0.15, 0.2) is 53.6 Å². The highest BCUT2D eigenvalue weighted by atomic mass is 16.5. The molecule has 0 saturated carbocycles. The fraction of sp³-hybridized carbons (Fsp3) is 0.125. The van der Waals surface area contributed by atoms with Gasteiger partial charge in [0.15, 0.2) is 0 Å². The standard InChI is InChI=1S/C16H16N2O3/c1-20-14-7-3-5-12(9-14)11-17-18-16(19)13-6-4-8-15(10-13)21-2/h3-11H,1-2H3,(H,18,19)/b17-11-. The molecule has 0 heterocycles. The largest absolute Gasteiger partial charge is 0.497 e. The Kier molecular flexibility index (Phi) is 4.93. The van der Waals surface area contributed by atoms with E-state index in [4.69, 9.17) is 9.47 Å². The SMILES string of the molecule is COc1cccc(/C=N\NC(=O)c2cccc(OC)c2)c1. The first-order valence-corrected chi connectivity index (χ1v) is 6.34. The summed E-state index contributed by atoms with van der Waals surface area (Å²) in [5.74, 6) is 1.06. The zero-order chi connectivity index (χ0) is 15.1. The Morgan fingerprint density at radius 1 is 1.05 bits per heavy atom. The lowest BCUT2D eigenvalue weighted by atomic mass is 10.2. The molecule has 0 atom stereocenters. The van der Waals surface area contributed by atoms with Crippen LogP contribution in [0.1, 0.15) is 15.9 Å². The maximum atomic E-state index is 11.9. The molecular formula is C16H16N2O3. The fourth-order valence-electron chi connectivity index (χ4n) is 1.72. The molecule has 0 saturated heterocycles. The van der Waals surface area contributed by atoms with E-state index in [1.165, 1.54) is 0 Å². The lowest BCUT2D eigenvalue weighted by Gasteiger charge is -2.03. The second-order valence-corrected chi connectivity index (χ2v) is 4.21. The molecule has 0 radical (unpaired) electrons. The Hall–Kier alpha value is -2.82. The smallest absolute Gasteiger partial charge is 0.271 e. The molecule has 0 aliphatic heterocycles. The number of rotatable bonds is 5. The monoisotopic (exact) mass is 284 g/mol. The predicted molar refractivity (Wildman–Crippen MR) is 81.0 cm³/mol. The van der Waals surface area contributed by atoms with Crippen molar-refractivity contribution in [3.8, 4) is 11.5 Å². The van der Waals surface area contributed by atoms with Crippen LogP contribution in [0.5, 0.6) is 11.5 Å². The molecule has 108 valence electrons. The molecule has 2 rings (SSSR count). The molecule has 5 nitrogen and oxygen atoms in total. The van der Waals surface area contributed by atoms with Gasteiger partial charge in [-0.3, -0.25) is 4.79 Å². The topological polar surface area (TPSA) is 59.9 Å². The summed E-state index contributed by atoms with van der Waals surface area (Å²) >= 11 is 0. The van der Waals surface area contributed by atoms with Crippen molar-refractivity contribution in [1.82, 2.24) is 5.43 Å². The van der Waals surface area contributed by atoms with Gasteiger partial charge in [-0.05, 0) is 35.9 Å². The normalized spacial score (nSPS) is 10.4. The van der Waals surface area contributed by atoms with Crippen molar-refractivity contribution in [1.29, 1.82) is 0 Å². The summed E-state index contributed by atoms with van der Waals surface area (Å²) in [6.07, 6.45) is 1.56. The van der Waals surface area contributed by atoms with Crippen molar-refractivity contribution < 1.29 is 14.3 Å². The van der Waals surface area contributed by atoms with E-state index in [2.05, 4.69) is 10.5 Å². The molecule has 21 heavy (non-hydrogen) atoms. The number of hydrogen-bond acceptors (Lipinski definition) is 4. The maximum Gasteiger partial charge on any atom is 0.271 e. The molecule has 1 amide bonds. The predicted octanol–water partition coefficient (Wildman–Crippen LogP) is 2.47. The summed E-state index contributed by atoms with van der Waals surface area (Å²) in [4.78, 5) is 11.9. The Bertz CT molecular complexity index is 653. The van der Waals surface area contributed by atoms with Gasteiger partial charge in [-0.1, -0.05) is 18.2 Å². The summed E-state index contributed by atoms with van der Waals surface area (Å²) in [6.45, 7) is 0. The molecule has 0 fully saturated rings. The third-order valence-electron chi connectivity index (χ3n) is 2.81. The summed E-state index contributed by atoms with van der Waals surface area (Å²) in [6, 6.07) is 14.2. The van der Waals surface area contributed by atoms with Crippen LogP contribution < -0.4 is 14.9 Å². The van der Waals surface area contributed by atoms with E-state index >= 15 is 0 Å². The van der Waals surface area contributed by atoms with Gasteiger partial charge < -0.3 is 9.47 Å². The van der Waals surface area contributed by atoms with E-state index in [0.29, 0.717) is 11.3 Å². The van der Waals surface area contributed by atoms with Crippen molar-refractivity contribution >= 4 is 12.1 Å². The van der Waals surface area contributed by atoms with Gasteiger partial charge in [0.1, 0.15) is 11.5 Å². The van der Waals surface area contributed by atoms with Crippen LogP contribution in [-0.2, 0) is 0 Å². The minimum absolute atomic E-state index is 0.298. The fourth-order valence-corrected chi connectivity index (χ4v) is 1.72. The minimum atomic E-state index is -0.298. The molecule has 2 aromatic carbocycles. The van der Waals surface area contributed by atoms with Crippen LogP contribution in [0.3, 0.4) is 0 Å². The second-order valence-electron chi connectivity index (χ2n) is 4.21.